The monoisotopic (exact) mass is 769 g/mol. The van der Waals surface area contributed by atoms with Crippen LogP contribution in [0.1, 0.15) is 113 Å². The molecular formula is C41H63NO9Si2. The van der Waals surface area contributed by atoms with Crippen molar-refractivity contribution >= 4 is 16.9 Å². The zero-order chi connectivity index (χ0) is 38.5. The molecule has 2 aliphatic carbocycles. The fourth-order valence-electron chi connectivity index (χ4n) is 11.2. The summed E-state index contributed by atoms with van der Waals surface area (Å²) in [5.74, 6) is 2.33. The fraction of sp³-hybridized carbons (Fsp3) is 0.732. The maximum absolute atomic E-state index is 7.82. The van der Waals surface area contributed by atoms with Crippen LogP contribution in [0.15, 0.2) is 34.6 Å². The average Bonchev–Trinajstić information content (AvgIpc) is 3.67. The molecule has 0 saturated carbocycles. The van der Waals surface area contributed by atoms with Crippen LogP contribution in [0.5, 0.6) is 5.75 Å². The minimum atomic E-state index is -2.91. The Morgan fingerprint density at radius 1 is 0.981 bits per heavy atom. The molecule has 0 amide bonds. The maximum atomic E-state index is 7.82. The first-order valence-corrected chi connectivity index (χ1v) is 23.7. The fourth-order valence-corrected chi connectivity index (χ4v) is 21.7. The number of ether oxygens (including phenoxy) is 5. The topological polar surface area (TPSA) is 99.9 Å². The molecule has 0 radical (unpaired) electrons. The molecule has 294 valence electrons. The molecule has 0 bridgehead atoms. The lowest BCUT2D eigenvalue weighted by Crippen LogP contribution is -2.69. The molecule has 7 rings (SSSR count). The molecule has 12 heteroatoms. The van der Waals surface area contributed by atoms with Crippen LogP contribution in [0.2, 0.25) is 26.7 Å². The van der Waals surface area contributed by atoms with Crippen molar-refractivity contribution in [2.24, 2.45) is 5.92 Å². The van der Waals surface area contributed by atoms with Crippen molar-refractivity contribution in [2.75, 3.05) is 27.3 Å². The smallest absolute Gasteiger partial charge is 0.349 e. The summed E-state index contributed by atoms with van der Waals surface area (Å²) >= 11 is 0. The minimum absolute atomic E-state index is 0.0689. The van der Waals surface area contributed by atoms with E-state index in [2.05, 4.69) is 102 Å². The summed E-state index contributed by atoms with van der Waals surface area (Å²) in [5, 5.41) is 4.28. The van der Waals surface area contributed by atoms with Gasteiger partial charge in [0.05, 0.1) is 23.8 Å². The lowest BCUT2D eigenvalue weighted by molar-refractivity contribution is -0.163. The van der Waals surface area contributed by atoms with Crippen molar-refractivity contribution in [2.45, 2.75) is 159 Å². The molecule has 10 nitrogen and oxygen atoms in total. The van der Waals surface area contributed by atoms with Crippen molar-refractivity contribution in [3.8, 4) is 17.0 Å². The van der Waals surface area contributed by atoms with Gasteiger partial charge in [-0.05, 0) is 41.1 Å². The first kappa shape index (κ1) is 39.2. The SMILES string of the molecule is COCOc1cccc2c1-c1noc3c1[C@@]1(C[C@@H](C)C3)OCO[C@@]21C1=C[C@@H](O[Si](C(C)C)(C(C)C)C(C)C)[C@@H]2O[Si](C(C)(C)C)(C(C)(C)C)OC[C@H]2O1. The Morgan fingerprint density at radius 2 is 1.66 bits per heavy atom. The Balaban J connectivity index is 1.48. The van der Waals surface area contributed by atoms with Gasteiger partial charge in [-0.25, -0.2) is 0 Å². The summed E-state index contributed by atoms with van der Waals surface area (Å²) < 4.78 is 61.6. The maximum Gasteiger partial charge on any atom is 0.349 e. The molecule has 2 saturated heterocycles. The van der Waals surface area contributed by atoms with Gasteiger partial charge in [0.15, 0.2) is 12.4 Å². The Bertz CT molecular complexity index is 1690. The third kappa shape index (κ3) is 5.47. The van der Waals surface area contributed by atoms with Crippen LogP contribution in [-0.4, -0.2) is 67.6 Å². The number of hydrogen-bond acceptors (Lipinski definition) is 10. The molecule has 2 fully saturated rings. The predicted octanol–water partition coefficient (Wildman–Crippen LogP) is 9.62. The Kier molecular flexibility index (Phi) is 9.83. The van der Waals surface area contributed by atoms with E-state index in [1.807, 2.05) is 12.1 Å². The number of fused-ring (bicyclic) bond motifs is 4. The second-order valence-electron chi connectivity index (χ2n) is 19.1. The normalized spacial score (nSPS) is 30.8. The summed E-state index contributed by atoms with van der Waals surface area (Å²) in [4.78, 5) is 0. The minimum Gasteiger partial charge on any atom is -0.486 e. The molecule has 0 N–H and O–H groups in total. The van der Waals surface area contributed by atoms with Gasteiger partial charge in [0, 0.05) is 29.2 Å². The van der Waals surface area contributed by atoms with Crippen LogP contribution in [-0.2, 0) is 49.8 Å². The predicted molar refractivity (Wildman–Crippen MR) is 207 cm³/mol. The molecule has 2 aromatic rings. The van der Waals surface area contributed by atoms with Gasteiger partial charge in [-0.2, -0.15) is 0 Å². The summed E-state index contributed by atoms with van der Waals surface area (Å²) in [6, 6.07) is 6.03. The van der Waals surface area contributed by atoms with E-state index in [4.69, 9.17) is 46.6 Å². The van der Waals surface area contributed by atoms with Gasteiger partial charge in [-0.3, -0.25) is 0 Å². The van der Waals surface area contributed by atoms with Crippen LogP contribution in [0.3, 0.4) is 0 Å². The highest BCUT2D eigenvalue weighted by atomic mass is 28.4. The molecule has 1 spiro atoms. The largest absolute Gasteiger partial charge is 0.486 e. The number of methoxy groups -OCH3 is 1. The van der Waals surface area contributed by atoms with E-state index in [0.717, 1.165) is 34.6 Å². The molecular weight excluding hydrogens is 707 g/mol. The molecule has 3 aliphatic heterocycles. The lowest BCUT2D eigenvalue weighted by Gasteiger charge is -2.58. The van der Waals surface area contributed by atoms with Crippen molar-refractivity contribution in [3.63, 3.8) is 0 Å². The van der Waals surface area contributed by atoms with E-state index in [1.165, 1.54) is 0 Å². The Labute approximate surface area is 318 Å². The van der Waals surface area contributed by atoms with E-state index in [1.54, 1.807) is 7.11 Å². The van der Waals surface area contributed by atoms with E-state index in [-0.39, 0.29) is 35.7 Å². The quantitative estimate of drug-likeness (QED) is 0.181. The number of nitrogens with zero attached hydrogens (tertiary/aromatic N) is 1. The van der Waals surface area contributed by atoms with E-state index in [9.17, 15) is 0 Å². The van der Waals surface area contributed by atoms with Gasteiger partial charge in [0.1, 0.15) is 47.6 Å². The van der Waals surface area contributed by atoms with Gasteiger partial charge in [-0.15, -0.1) is 0 Å². The number of benzene rings is 1. The van der Waals surface area contributed by atoms with E-state index >= 15 is 0 Å². The third-order valence-electron chi connectivity index (χ3n) is 12.9. The van der Waals surface area contributed by atoms with Crippen molar-refractivity contribution in [1.29, 1.82) is 0 Å². The zero-order valence-corrected chi connectivity index (χ0v) is 36.5. The number of hydrogen-bond donors (Lipinski definition) is 0. The van der Waals surface area contributed by atoms with Crippen LogP contribution >= 0.6 is 0 Å². The number of rotatable bonds is 9. The second kappa shape index (κ2) is 13.3. The number of aromatic nitrogens is 1. The highest BCUT2D eigenvalue weighted by Gasteiger charge is 2.72. The summed E-state index contributed by atoms with van der Waals surface area (Å²) in [5.41, 5.74) is 2.23. The molecule has 53 heavy (non-hydrogen) atoms. The summed E-state index contributed by atoms with van der Waals surface area (Å²) in [6.07, 6.45) is 2.40. The van der Waals surface area contributed by atoms with Gasteiger partial charge < -0.3 is 41.5 Å². The zero-order valence-electron chi connectivity index (χ0n) is 34.5. The van der Waals surface area contributed by atoms with Crippen molar-refractivity contribution < 1.29 is 41.5 Å². The van der Waals surface area contributed by atoms with Gasteiger partial charge in [0.25, 0.3) is 0 Å². The van der Waals surface area contributed by atoms with Gasteiger partial charge >= 0.3 is 8.56 Å². The highest BCUT2D eigenvalue weighted by Crippen LogP contribution is 2.68. The van der Waals surface area contributed by atoms with Crippen molar-refractivity contribution in [1.82, 2.24) is 5.16 Å². The first-order chi connectivity index (χ1) is 24.8. The third-order valence-corrected chi connectivity index (χ3v) is 24.1. The Hall–Kier alpha value is -2.04. The van der Waals surface area contributed by atoms with Gasteiger partial charge in [0.2, 0.25) is 8.32 Å². The molecule has 0 unspecified atom stereocenters. The van der Waals surface area contributed by atoms with E-state index in [0.29, 0.717) is 41.2 Å². The highest BCUT2D eigenvalue weighted by molar-refractivity contribution is 6.77. The lowest BCUT2D eigenvalue weighted by atomic mass is 9.59. The molecule has 1 aromatic heterocycles. The van der Waals surface area contributed by atoms with Crippen molar-refractivity contribution in [3.05, 3.63) is 46.9 Å². The van der Waals surface area contributed by atoms with Crippen LogP contribution in [0.4, 0.5) is 0 Å². The van der Waals surface area contributed by atoms with Crippen LogP contribution in [0, 0.1) is 5.92 Å². The molecule has 6 atom stereocenters. The van der Waals surface area contributed by atoms with E-state index < -0.39 is 40.3 Å². The van der Waals surface area contributed by atoms with Crippen LogP contribution < -0.4 is 4.74 Å². The molecule has 4 heterocycles. The first-order valence-electron chi connectivity index (χ1n) is 19.7. The van der Waals surface area contributed by atoms with Crippen LogP contribution in [0.25, 0.3) is 11.3 Å². The summed E-state index contributed by atoms with van der Waals surface area (Å²) in [6.45, 7) is 30.3. The Morgan fingerprint density at radius 3 is 2.28 bits per heavy atom. The van der Waals surface area contributed by atoms with Gasteiger partial charge in [-0.1, -0.05) is 107 Å². The standard InChI is InChI=1S/C41H63NO9Si2/c1-24(2)52(25(3)4,26(5)6)50-31-19-33(48-32-21-47-53(38(8,9)10,39(11,12)13)51-37(31)32)41-28-16-15-17-29(44-22-43-14)34(28)36-35-30(49-42-36)18-27(7)20-40(35,41)45-23-46-41/h15-17,19,24-27,31-32,37H,18,20-23H2,1-14H3/t27-,31+,32+,37-,40+,41+/m0/s1. The summed E-state index contributed by atoms with van der Waals surface area (Å²) in [7, 11) is -3.75. The molecule has 1 aromatic carbocycles. The second-order valence-corrected chi connectivity index (χ2v) is 29.2. The molecule has 5 aliphatic rings. The average molecular weight is 770 g/mol.